The Morgan fingerprint density at radius 1 is 1.10 bits per heavy atom. The van der Waals surface area contributed by atoms with Gasteiger partial charge < -0.3 is 25.9 Å². The molecule has 1 aliphatic carbocycles. The first-order valence-electron chi connectivity index (χ1n) is 16.4. The third-order valence-electron chi connectivity index (χ3n) is 9.62. The maximum absolute atomic E-state index is 15.3. The second kappa shape index (κ2) is 11.7. The number of nitrogen functional groups attached to an aromatic ring is 1. The lowest BCUT2D eigenvalue weighted by Gasteiger charge is -2.38. The van der Waals surface area contributed by atoms with E-state index in [-0.39, 0.29) is 29.6 Å². The van der Waals surface area contributed by atoms with Crippen molar-refractivity contribution in [1.82, 2.24) is 24.8 Å². The van der Waals surface area contributed by atoms with Gasteiger partial charge in [0.25, 0.3) is 5.56 Å². The lowest BCUT2D eigenvalue weighted by Crippen LogP contribution is -2.52. The number of halogens is 1. The van der Waals surface area contributed by atoms with E-state index in [0.717, 1.165) is 49.2 Å². The first-order valence-corrected chi connectivity index (χ1v) is 16.4. The minimum absolute atomic E-state index is 0.0257. The van der Waals surface area contributed by atoms with E-state index in [4.69, 9.17) is 10.5 Å². The van der Waals surface area contributed by atoms with Gasteiger partial charge in [0.05, 0.1) is 35.1 Å². The molecular formula is C38H37FN6O3. The number of fused-ring (bicyclic) bond motifs is 2. The fourth-order valence-corrected chi connectivity index (χ4v) is 7.21. The van der Waals surface area contributed by atoms with Gasteiger partial charge in [-0.15, -0.1) is 0 Å². The monoisotopic (exact) mass is 644 g/mol. The highest BCUT2D eigenvalue weighted by Crippen LogP contribution is 2.41. The largest absolute Gasteiger partial charge is 0.392 e. The third-order valence-corrected chi connectivity index (χ3v) is 9.62. The normalized spacial score (nSPS) is 19.7. The molecule has 6 aromatic rings. The number of rotatable bonds is 7. The smallest absolute Gasteiger partial charge is 0.265 e. The van der Waals surface area contributed by atoms with Gasteiger partial charge in [0.2, 0.25) is 5.95 Å². The van der Waals surface area contributed by atoms with Crippen molar-refractivity contribution in [1.29, 1.82) is 0 Å². The van der Waals surface area contributed by atoms with Crippen LogP contribution in [0.1, 0.15) is 49.3 Å². The molecule has 0 bridgehead atoms. The van der Waals surface area contributed by atoms with Crippen LogP contribution in [0.15, 0.2) is 77.7 Å². The lowest BCUT2D eigenvalue weighted by molar-refractivity contribution is -0.0965. The topological polar surface area (TPSA) is 131 Å². The van der Waals surface area contributed by atoms with Gasteiger partial charge in [-0.1, -0.05) is 42.5 Å². The van der Waals surface area contributed by atoms with Crippen molar-refractivity contribution >= 4 is 27.8 Å². The van der Waals surface area contributed by atoms with Crippen molar-refractivity contribution in [3.63, 3.8) is 0 Å². The number of aliphatic hydroxyl groups excluding tert-OH is 1. The summed E-state index contributed by atoms with van der Waals surface area (Å²) in [5.74, 6) is -0.103. The van der Waals surface area contributed by atoms with Crippen LogP contribution in [-0.4, -0.2) is 49.4 Å². The highest BCUT2D eigenvalue weighted by Gasteiger charge is 2.31. The van der Waals surface area contributed by atoms with Crippen molar-refractivity contribution < 1.29 is 14.2 Å². The van der Waals surface area contributed by atoms with Crippen molar-refractivity contribution in [3.8, 4) is 28.2 Å². The summed E-state index contributed by atoms with van der Waals surface area (Å²) in [4.78, 5) is 26.2. The molecule has 2 aliphatic rings. The molecule has 10 heteroatoms. The molecular weight excluding hydrogens is 607 g/mol. The van der Waals surface area contributed by atoms with E-state index in [1.165, 1.54) is 16.2 Å². The van der Waals surface area contributed by atoms with Crippen molar-refractivity contribution in [2.24, 2.45) is 0 Å². The number of anilines is 1. The number of nitrogens with one attached hydrogen (secondary N) is 2. The van der Waals surface area contributed by atoms with E-state index < -0.39 is 11.4 Å². The zero-order valence-electron chi connectivity index (χ0n) is 26.9. The first-order chi connectivity index (χ1) is 23.2. The number of H-pyrrole nitrogens is 1. The highest BCUT2D eigenvalue weighted by atomic mass is 19.1. The Bertz CT molecular complexity index is 2260. The molecule has 5 N–H and O–H groups in total. The quantitative estimate of drug-likeness (QED) is 0.168. The van der Waals surface area contributed by atoms with Crippen LogP contribution < -0.4 is 16.6 Å². The molecule has 3 aromatic heterocycles. The van der Waals surface area contributed by atoms with Crippen LogP contribution in [0.5, 0.6) is 0 Å². The van der Waals surface area contributed by atoms with E-state index in [9.17, 15) is 9.90 Å². The first kappa shape index (κ1) is 30.4. The molecule has 0 radical (unpaired) electrons. The minimum atomic E-state index is -0.531. The Morgan fingerprint density at radius 2 is 1.92 bits per heavy atom. The fraction of sp³-hybridized carbons (Fsp3) is 0.289. The van der Waals surface area contributed by atoms with E-state index in [0.29, 0.717) is 44.8 Å². The second-order valence-electron chi connectivity index (χ2n) is 13.5. The van der Waals surface area contributed by atoms with Gasteiger partial charge in [-0.2, -0.15) is 4.98 Å². The summed E-state index contributed by atoms with van der Waals surface area (Å²) < 4.78 is 23.0. The number of aromatic amines is 1. The number of hydrogen-bond acceptors (Lipinski definition) is 7. The molecule has 1 saturated heterocycles. The summed E-state index contributed by atoms with van der Waals surface area (Å²) in [7, 11) is 0. The maximum Gasteiger partial charge on any atom is 0.265 e. The van der Waals surface area contributed by atoms with Gasteiger partial charge in [-0.25, -0.2) is 9.37 Å². The number of nitrogens with two attached hydrogens (primary N) is 1. The molecule has 48 heavy (non-hydrogen) atoms. The SMILES string of the molecule is CC1CNCC(C)(Cc2ccc(-c3cc4c(-c5cccc(-n6ccc7cc(C8CC8)cc(F)c7c6=O)c5CO)nc(N)nc4[nH]3)cc2)O1. The Labute approximate surface area is 276 Å². The number of benzene rings is 3. The predicted molar refractivity (Wildman–Crippen MR) is 186 cm³/mol. The molecule has 0 spiro atoms. The van der Waals surface area contributed by atoms with Crippen LogP contribution in [0.4, 0.5) is 10.3 Å². The summed E-state index contributed by atoms with van der Waals surface area (Å²) in [5.41, 5.74) is 11.9. The standard InChI is InChI=1S/C38H37FN6O3/c1-21-18-41-20-38(2,48-21)17-22-6-8-24(9-7-22)31-16-28-34(43-37(40)44-35(28)42-31)27-4-3-5-32(29(27)19-46)45-13-12-25-14-26(23-10-11-23)15-30(39)33(25)36(45)47/h3-9,12-16,21,23,41,46H,10-11,17-20H2,1-2H3,(H3,40,42,43,44). The predicted octanol–water partition coefficient (Wildman–Crippen LogP) is 6.00. The Hall–Kier alpha value is -4.90. The molecule has 244 valence electrons. The number of aromatic nitrogens is 4. The van der Waals surface area contributed by atoms with E-state index in [2.05, 4.69) is 58.4 Å². The molecule has 8 rings (SSSR count). The van der Waals surface area contributed by atoms with Crippen LogP contribution in [0.2, 0.25) is 0 Å². The number of nitrogens with zero attached hydrogens (tertiary/aromatic N) is 3. The summed E-state index contributed by atoms with van der Waals surface area (Å²) in [6.07, 6.45) is 4.67. The third kappa shape index (κ3) is 5.45. The molecule has 9 nitrogen and oxygen atoms in total. The zero-order valence-corrected chi connectivity index (χ0v) is 26.9. The van der Waals surface area contributed by atoms with Crippen LogP contribution in [0.3, 0.4) is 0 Å². The average molecular weight is 645 g/mol. The van der Waals surface area contributed by atoms with Crippen LogP contribution in [0, 0.1) is 5.82 Å². The summed E-state index contributed by atoms with van der Waals surface area (Å²) in [6, 6.07) is 20.8. The Morgan fingerprint density at radius 3 is 2.67 bits per heavy atom. The van der Waals surface area contributed by atoms with E-state index in [1.54, 1.807) is 24.4 Å². The van der Waals surface area contributed by atoms with Crippen LogP contribution >= 0.6 is 0 Å². The van der Waals surface area contributed by atoms with Gasteiger partial charge in [0.15, 0.2) is 0 Å². The Kier molecular flexibility index (Phi) is 7.39. The molecule has 2 unspecified atom stereocenters. The molecule has 0 amide bonds. The Balaban J connectivity index is 1.17. The van der Waals surface area contributed by atoms with E-state index in [1.807, 2.05) is 18.2 Å². The summed E-state index contributed by atoms with van der Waals surface area (Å²) in [5, 5.41) is 15.5. The highest BCUT2D eigenvalue weighted by molar-refractivity contribution is 5.96. The maximum atomic E-state index is 15.3. The molecule has 4 heterocycles. The second-order valence-corrected chi connectivity index (χ2v) is 13.5. The van der Waals surface area contributed by atoms with E-state index >= 15 is 4.39 Å². The number of morpholine rings is 1. The average Bonchev–Trinajstić information content (AvgIpc) is 3.83. The van der Waals surface area contributed by atoms with Gasteiger partial charge in [-0.05, 0) is 78.9 Å². The van der Waals surface area contributed by atoms with Gasteiger partial charge >= 0.3 is 0 Å². The number of aliphatic hydroxyl groups is 1. The van der Waals surface area contributed by atoms with Crippen molar-refractivity contribution in [3.05, 3.63) is 106 Å². The van der Waals surface area contributed by atoms with Crippen LogP contribution in [-0.2, 0) is 17.8 Å². The van der Waals surface area contributed by atoms with Gasteiger partial charge in [0.1, 0.15) is 11.5 Å². The molecule has 1 aliphatic heterocycles. The van der Waals surface area contributed by atoms with Crippen molar-refractivity contribution in [2.75, 3.05) is 18.8 Å². The molecule has 2 atom stereocenters. The number of hydrogen-bond donors (Lipinski definition) is 4. The van der Waals surface area contributed by atoms with Crippen LogP contribution in [0.25, 0.3) is 50.0 Å². The van der Waals surface area contributed by atoms with Gasteiger partial charge in [0, 0.05) is 47.9 Å². The number of ether oxygens (including phenoxy) is 1. The summed E-state index contributed by atoms with van der Waals surface area (Å²) in [6.45, 7) is 5.49. The molecule has 1 saturated carbocycles. The molecule has 2 fully saturated rings. The summed E-state index contributed by atoms with van der Waals surface area (Å²) >= 11 is 0. The molecule has 3 aromatic carbocycles. The number of pyridine rings is 1. The zero-order chi connectivity index (χ0) is 33.2. The van der Waals surface area contributed by atoms with Crippen molar-refractivity contribution in [2.45, 2.75) is 57.3 Å². The van der Waals surface area contributed by atoms with Gasteiger partial charge in [-0.3, -0.25) is 9.36 Å². The minimum Gasteiger partial charge on any atom is -0.392 e. The lowest BCUT2D eigenvalue weighted by atomic mass is 9.93. The fourth-order valence-electron chi connectivity index (χ4n) is 7.21.